The smallest absolute Gasteiger partial charge is 0.329 e. The third kappa shape index (κ3) is 4.33. The number of anilines is 1. The summed E-state index contributed by atoms with van der Waals surface area (Å²) in [5.74, 6) is -1.26. The van der Waals surface area contributed by atoms with Crippen LogP contribution in [0.5, 0.6) is 11.5 Å². The molecule has 0 unspecified atom stereocenters. The molecule has 0 saturated carbocycles. The van der Waals surface area contributed by atoms with E-state index in [0.29, 0.717) is 17.0 Å². The molecule has 0 heterocycles. The molecule has 0 spiro atoms. The van der Waals surface area contributed by atoms with Crippen LogP contribution in [0.4, 0.5) is 5.69 Å². The molecule has 24 heavy (non-hydrogen) atoms. The van der Waals surface area contributed by atoms with E-state index in [1.165, 1.54) is 19.4 Å². The minimum atomic E-state index is -0.920. The largest absolute Gasteiger partial charge is 0.507 e. The number of nitrogens with one attached hydrogen (secondary N) is 2. The summed E-state index contributed by atoms with van der Waals surface area (Å²) in [7, 11) is 1.49. The highest BCUT2D eigenvalue weighted by atomic mass is 16.5. The van der Waals surface area contributed by atoms with Crippen LogP contribution in [0.15, 0.2) is 47.6 Å². The fourth-order valence-corrected chi connectivity index (χ4v) is 1.87. The monoisotopic (exact) mass is 327 g/mol. The molecule has 7 nitrogen and oxygen atoms in total. The standard InChI is InChI=1S/C17H17N3O4/c1-11-5-3-4-6-14(11)19-16(22)17(23)20-18-10-12-9-13(24-2)7-8-15(12)21/h3-10,21H,1-2H3,(H,19,22)(H,20,23). The van der Waals surface area contributed by atoms with E-state index in [2.05, 4.69) is 15.8 Å². The van der Waals surface area contributed by atoms with Crippen molar-refractivity contribution < 1.29 is 19.4 Å². The van der Waals surface area contributed by atoms with Gasteiger partial charge in [0.25, 0.3) is 0 Å². The quantitative estimate of drug-likeness (QED) is 0.453. The average molecular weight is 327 g/mol. The van der Waals surface area contributed by atoms with Crippen LogP contribution < -0.4 is 15.5 Å². The summed E-state index contributed by atoms with van der Waals surface area (Å²) in [5, 5.41) is 15.8. The summed E-state index contributed by atoms with van der Waals surface area (Å²) in [6.45, 7) is 1.82. The highest BCUT2D eigenvalue weighted by molar-refractivity contribution is 6.39. The number of ether oxygens (including phenoxy) is 1. The van der Waals surface area contributed by atoms with Gasteiger partial charge in [-0.3, -0.25) is 9.59 Å². The Morgan fingerprint density at radius 2 is 1.92 bits per heavy atom. The molecule has 2 rings (SSSR count). The molecule has 2 amide bonds. The first-order chi connectivity index (χ1) is 11.5. The third-order valence-electron chi connectivity index (χ3n) is 3.20. The summed E-state index contributed by atoms with van der Waals surface area (Å²) in [5.41, 5.74) is 3.83. The van der Waals surface area contributed by atoms with Crippen LogP contribution in [0.2, 0.25) is 0 Å². The molecular weight excluding hydrogens is 310 g/mol. The lowest BCUT2D eigenvalue weighted by Gasteiger charge is -2.06. The highest BCUT2D eigenvalue weighted by Gasteiger charge is 2.13. The van der Waals surface area contributed by atoms with E-state index in [0.717, 1.165) is 5.56 Å². The molecule has 0 aliphatic carbocycles. The van der Waals surface area contributed by atoms with E-state index >= 15 is 0 Å². The molecular formula is C17H17N3O4. The van der Waals surface area contributed by atoms with E-state index in [1.807, 2.05) is 19.1 Å². The van der Waals surface area contributed by atoms with Gasteiger partial charge in [0.15, 0.2) is 0 Å². The van der Waals surface area contributed by atoms with Crippen molar-refractivity contribution >= 4 is 23.7 Å². The Hall–Kier alpha value is -3.35. The topological polar surface area (TPSA) is 100 Å². The number of benzene rings is 2. The number of phenolic OH excluding ortho intramolecular Hbond substituents is 1. The zero-order chi connectivity index (χ0) is 17.5. The van der Waals surface area contributed by atoms with Crippen molar-refractivity contribution in [1.82, 2.24) is 5.43 Å². The lowest BCUT2D eigenvalue weighted by atomic mass is 10.2. The molecule has 124 valence electrons. The Morgan fingerprint density at radius 3 is 2.62 bits per heavy atom. The van der Waals surface area contributed by atoms with Gasteiger partial charge in [0.05, 0.1) is 13.3 Å². The second kappa shape index (κ2) is 7.77. The number of rotatable bonds is 4. The first-order valence-electron chi connectivity index (χ1n) is 7.08. The normalized spacial score (nSPS) is 10.4. The van der Waals surface area contributed by atoms with Gasteiger partial charge < -0.3 is 15.2 Å². The summed E-state index contributed by atoms with van der Waals surface area (Å²) < 4.78 is 5.03. The Kier molecular flexibility index (Phi) is 5.51. The summed E-state index contributed by atoms with van der Waals surface area (Å²) >= 11 is 0. The number of methoxy groups -OCH3 is 1. The van der Waals surface area contributed by atoms with Crippen LogP contribution in [0.25, 0.3) is 0 Å². The summed E-state index contributed by atoms with van der Waals surface area (Å²) in [6.07, 6.45) is 1.22. The number of hydrogen-bond acceptors (Lipinski definition) is 5. The average Bonchev–Trinajstić information content (AvgIpc) is 2.58. The van der Waals surface area contributed by atoms with Crippen LogP contribution in [0.3, 0.4) is 0 Å². The minimum Gasteiger partial charge on any atom is -0.507 e. The molecule has 0 atom stereocenters. The molecule has 0 aliphatic rings. The van der Waals surface area contributed by atoms with Crippen molar-refractivity contribution in [2.45, 2.75) is 6.92 Å². The number of hydrazone groups is 1. The van der Waals surface area contributed by atoms with Gasteiger partial charge in [-0.2, -0.15) is 5.10 Å². The van der Waals surface area contributed by atoms with Gasteiger partial charge in [0.2, 0.25) is 0 Å². The molecule has 3 N–H and O–H groups in total. The van der Waals surface area contributed by atoms with Crippen LogP contribution in [-0.2, 0) is 9.59 Å². The lowest BCUT2D eigenvalue weighted by Crippen LogP contribution is -2.32. The zero-order valence-electron chi connectivity index (χ0n) is 13.2. The Labute approximate surface area is 139 Å². The Morgan fingerprint density at radius 1 is 1.17 bits per heavy atom. The lowest BCUT2D eigenvalue weighted by molar-refractivity contribution is -0.136. The van der Waals surface area contributed by atoms with E-state index in [1.54, 1.807) is 24.3 Å². The molecule has 0 radical (unpaired) electrons. The fraction of sp³-hybridized carbons (Fsp3) is 0.118. The van der Waals surface area contributed by atoms with Crippen molar-refractivity contribution in [3.63, 3.8) is 0 Å². The predicted molar refractivity (Wildman–Crippen MR) is 90.2 cm³/mol. The molecule has 7 heteroatoms. The molecule has 0 bridgehead atoms. The zero-order valence-corrected chi connectivity index (χ0v) is 13.2. The first-order valence-corrected chi connectivity index (χ1v) is 7.08. The number of aryl methyl sites for hydroxylation is 1. The second-order valence-electron chi connectivity index (χ2n) is 4.89. The van der Waals surface area contributed by atoms with E-state index < -0.39 is 11.8 Å². The number of hydrogen-bond donors (Lipinski definition) is 3. The number of carbonyl (C=O) groups excluding carboxylic acids is 2. The van der Waals surface area contributed by atoms with Gasteiger partial charge in [-0.1, -0.05) is 18.2 Å². The SMILES string of the molecule is COc1ccc(O)c(C=NNC(=O)C(=O)Nc2ccccc2C)c1. The van der Waals surface area contributed by atoms with Gasteiger partial charge in [-0.05, 0) is 36.8 Å². The van der Waals surface area contributed by atoms with Gasteiger partial charge in [0, 0.05) is 11.3 Å². The number of carbonyl (C=O) groups is 2. The fourth-order valence-electron chi connectivity index (χ4n) is 1.87. The minimum absolute atomic E-state index is 0.0295. The third-order valence-corrected chi connectivity index (χ3v) is 3.20. The Balaban J connectivity index is 1.97. The van der Waals surface area contributed by atoms with Gasteiger partial charge in [0.1, 0.15) is 11.5 Å². The molecule has 2 aromatic rings. The van der Waals surface area contributed by atoms with Crippen LogP contribution in [-0.4, -0.2) is 30.2 Å². The predicted octanol–water partition coefficient (Wildman–Crippen LogP) is 1.80. The maximum absolute atomic E-state index is 11.8. The van der Waals surface area contributed by atoms with Crippen molar-refractivity contribution in [3.05, 3.63) is 53.6 Å². The molecule has 0 aromatic heterocycles. The highest BCUT2D eigenvalue weighted by Crippen LogP contribution is 2.20. The van der Waals surface area contributed by atoms with E-state index in [4.69, 9.17) is 4.74 Å². The number of para-hydroxylation sites is 1. The summed E-state index contributed by atoms with van der Waals surface area (Å²) in [4.78, 5) is 23.5. The van der Waals surface area contributed by atoms with Crippen molar-refractivity contribution in [3.8, 4) is 11.5 Å². The molecule has 0 saturated heterocycles. The second-order valence-corrected chi connectivity index (χ2v) is 4.89. The van der Waals surface area contributed by atoms with Crippen molar-refractivity contribution in [1.29, 1.82) is 0 Å². The maximum Gasteiger partial charge on any atom is 0.329 e. The number of aromatic hydroxyl groups is 1. The molecule has 0 fully saturated rings. The number of amides is 2. The number of phenols is 1. The molecule has 2 aromatic carbocycles. The van der Waals surface area contributed by atoms with Gasteiger partial charge in [-0.15, -0.1) is 0 Å². The first kappa shape index (κ1) is 17.0. The number of nitrogens with zero attached hydrogens (tertiary/aromatic N) is 1. The van der Waals surface area contributed by atoms with Crippen molar-refractivity contribution in [2.75, 3.05) is 12.4 Å². The van der Waals surface area contributed by atoms with Crippen LogP contribution in [0, 0.1) is 6.92 Å². The van der Waals surface area contributed by atoms with Gasteiger partial charge >= 0.3 is 11.8 Å². The summed E-state index contributed by atoms with van der Waals surface area (Å²) in [6, 6.07) is 11.7. The van der Waals surface area contributed by atoms with Crippen molar-refractivity contribution in [2.24, 2.45) is 5.10 Å². The molecule has 0 aliphatic heterocycles. The van der Waals surface area contributed by atoms with E-state index in [-0.39, 0.29) is 5.75 Å². The van der Waals surface area contributed by atoms with Crippen LogP contribution >= 0.6 is 0 Å². The Bertz CT molecular complexity index is 787. The van der Waals surface area contributed by atoms with Gasteiger partial charge in [-0.25, -0.2) is 5.43 Å². The van der Waals surface area contributed by atoms with E-state index in [9.17, 15) is 14.7 Å². The maximum atomic E-state index is 11.8. The van der Waals surface area contributed by atoms with Crippen LogP contribution in [0.1, 0.15) is 11.1 Å².